The number of aliphatic hydroxyl groups is 1. The normalized spacial score (nSPS) is 11.4. The molecule has 2 aromatic carbocycles. The summed E-state index contributed by atoms with van der Waals surface area (Å²) in [6.45, 7) is 0.133. The van der Waals surface area contributed by atoms with Crippen LogP contribution >= 0.6 is 0 Å². The van der Waals surface area contributed by atoms with Crippen molar-refractivity contribution in [2.24, 2.45) is 0 Å². The average molecular weight is 297 g/mol. The Balaban J connectivity index is 2.06. The highest BCUT2D eigenvalue weighted by molar-refractivity contribution is 5.54. The van der Waals surface area contributed by atoms with Crippen molar-refractivity contribution in [2.75, 3.05) is 5.73 Å². The van der Waals surface area contributed by atoms with Crippen LogP contribution in [0.25, 0.3) is 0 Å². The molecule has 0 aromatic heterocycles. The third-order valence-electron chi connectivity index (χ3n) is 2.94. The van der Waals surface area contributed by atoms with Crippen LogP contribution in [0.15, 0.2) is 42.5 Å². The van der Waals surface area contributed by atoms with E-state index in [9.17, 15) is 13.2 Å². The van der Waals surface area contributed by atoms with Crippen LogP contribution in [0.2, 0.25) is 0 Å². The first-order valence-electron chi connectivity index (χ1n) is 6.18. The standard InChI is InChI=1S/C15H14F3NO2/c16-15(17,18)12-5-6-14(13(19)7-12)21-9-11-3-1-10(8-20)2-4-11/h1-7,20H,8-9,19H2. The highest BCUT2D eigenvalue weighted by atomic mass is 19.4. The molecule has 0 saturated carbocycles. The number of benzene rings is 2. The van der Waals surface area contributed by atoms with Gasteiger partial charge in [0, 0.05) is 0 Å². The summed E-state index contributed by atoms with van der Waals surface area (Å²) < 4.78 is 42.9. The van der Waals surface area contributed by atoms with Crippen molar-refractivity contribution in [2.45, 2.75) is 19.4 Å². The summed E-state index contributed by atoms with van der Waals surface area (Å²) in [6.07, 6.45) is -4.42. The Morgan fingerprint density at radius 1 is 1.00 bits per heavy atom. The zero-order chi connectivity index (χ0) is 15.5. The van der Waals surface area contributed by atoms with Crippen molar-refractivity contribution in [1.29, 1.82) is 0 Å². The minimum atomic E-state index is -4.42. The van der Waals surface area contributed by atoms with E-state index >= 15 is 0 Å². The molecule has 3 N–H and O–H groups in total. The number of nitrogen functional groups attached to an aromatic ring is 1. The largest absolute Gasteiger partial charge is 0.487 e. The molecule has 0 aliphatic carbocycles. The quantitative estimate of drug-likeness (QED) is 0.851. The predicted octanol–water partition coefficient (Wildman–Crippen LogP) is 3.36. The first kappa shape index (κ1) is 15.2. The van der Waals surface area contributed by atoms with Gasteiger partial charge < -0.3 is 15.6 Å². The Labute approximate surface area is 119 Å². The van der Waals surface area contributed by atoms with Crippen molar-refractivity contribution in [3.8, 4) is 5.75 Å². The van der Waals surface area contributed by atoms with Crippen molar-refractivity contribution >= 4 is 5.69 Å². The molecule has 0 amide bonds. The molecular weight excluding hydrogens is 283 g/mol. The fraction of sp³-hybridized carbons (Fsp3) is 0.200. The first-order chi connectivity index (χ1) is 9.90. The Hall–Kier alpha value is -2.21. The minimum Gasteiger partial charge on any atom is -0.487 e. The van der Waals surface area contributed by atoms with Crippen molar-refractivity contribution in [3.05, 3.63) is 59.2 Å². The van der Waals surface area contributed by atoms with E-state index in [4.69, 9.17) is 15.6 Å². The molecule has 0 aliphatic rings. The molecular formula is C15H14F3NO2. The van der Waals surface area contributed by atoms with E-state index in [1.807, 2.05) is 0 Å². The highest BCUT2D eigenvalue weighted by Gasteiger charge is 2.30. The van der Waals surface area contributed by atoms with Gasteiger partial charge in [-0.3, -0.25) is 0 Å². The van der Waals surface area contributed by atoms with Crippen molar-refractivity contribution < 1.29 is 23.0 Å². The molecule has 0 unspecified atom stereocenters. The van der Waals surface area contributed by atoms with Gasteiger partial charge in [0.05, 0.1) is 17.9 Å². The number of rotatable bonds is 4. The maximum Gasteiger partial charge on any atom is 0.416 e. The number of hydrogen-bond acceptors (Lipinski definition) is 3. The molecule has 0 fully saturated rings. The lowest BCUT2D eigenvalue weighted by atomic mass is 10.1. The third kappa shape index (κ3) is 3.88. The number of aliphatic hydroxyl groups excluding tert-OH is 1. The number of hydrogen-bond donors (Lipinski definition) is 2. The summed E-state index contributed by atoms with van der Waals surface area (Å²) >= 11 is 0. The van der Waals surface area contributed by atoms with Gasteiger partial charge in [-0.2, -0.15) is 13.2 Å². The lowest BCUT2D eigenvalue weighted by Crippen LogP contribution is -2.06. The zero-order valence-electron chi connectivity index (χ0n) is 11.0. The molecule has 2 rings (SSSR count). The van der Waals surface area contributed by atoms with Gasteiger partial charge in [0.1, 0.15) is 12.4 Å². The van der Waals surface area contributed by atoms with E-state index in [-0.39, 0.29) is 24.7 Å². The van der Waals surface area contributed by atoms with Crippen LogP contribution in [0.5, 0.6) is 5.75 Å². The summed E-state index contributed by atoms with van der Waals surface area (Å²) in [5.41, 5.74) is 6.30. The Morgan fingerprint density at radius 2 is 1.62 bits per heavy atom. The fourth-order valence-electron chi connectivity index (χ4n) is 1.76. The lowest BCUT2D eigenvalue weighted by Gasteiger charge is -2.12. The Morgan fingerprint density at radius 3 is 2.14 bits per heavy atom. The minimum absolute atomic E-state index is 0.0486. The molecule has 0 radical (unpaired) electrons. The van der Waals surface area contributed by atoms with E-state index < -0.39 is 11.7 Å². The fourth-order valence-corrected chi connectivity index (χ4v) is 1.76. The number of halogens is 3. The van der Waals surface area contributed by atoms with Crippen LogP contribution < -0.4 is 10.5 Å². The maximum absolute atomic E-state index is 12.5. The molecule has 2 aromatic rings. The van der Waals surface area contributed by atoms with Gasteiger partial charge in [-0.15, -0.1) is 0 Å². The van der Waals surface area contributed by atoms with Gasteiger partial charge >= 0.3 is 6.18 Å². The smallest absolute Gasteiger partial charge is 0.416 e. The second-order valence-electron chi connectivity index (χ2n) is 4.51. The highest BCUT2D eigenvalue weighted by Crippen LogP contribution is 2.33. The van der Waals surface area contributed by atoms with Gasteiger partial charge in [-0.1, -0.05) is 24.3 Å². The van der Waals surface area contributed by atoms with E-state index in [1.54, 1.807) is 24.3 Å². The van der Waals surface area contributed by atoms with Crippen molar-refractivity contribution in [1.82, 2.24) is 0 Å². The monoisotopic (exact) mass is 297 g/mol. The number of alkyl halides is 3. The average Bonchev–Trinajstić information content (AvgIpc) is 2.45. The summed E-state index contributed by atoms with van der Waals surface area (Å²) in [4.78, 5) is 0. The molecule has 3 nitrogen and oxygen atoms in total. The Bertz CT molecular complexity index is 609. The molecule has 0 aliphatic heterocycles. The summed E-state index contributed by atoms with van der Waals surface area (Å²) in [7, 11) is 0. The van der Waals surface area contributed by atoms with E-state index in [0.29, 0.717) is 0 Å². The van der Waals surface area contributed by atoms with Gasteiger partial charge in [-0.25, -0.2) is 0 Å². The van der Waals surface area contributed by atoms with E-state index in [2.05, 4.69) is 0 Å². The number of ether oxygens (including phenoxy) is 1. The van der Waals surface area contributed by atoms with E-state index in [0.717, 1.165) is 23.3 Å². The molecule has 21 heavy (non-hydrogen) atoms. The van der Waals surface area contributed by atoms with E-state index in [1.165, 1.54) is 6.07 Å². The number of anilines is 1. The Kier molecular flexibility index (Phi) is 4.37. The van der Waals surface area contributed by atoms with Crippen LogP contribution in [0.1, 0.15) is 16.7 Å². The molecule has 112 valence electrons. The van der Waals surface area contributed by atoms with Crippen LogP contribution in [0, 0.1) is 0 Å². The van der Waals surface area contributed by atoms with Gasteiger partial charge in [0.25, 0.3) is 0 Å². The summed E-state index contributed by atoms with van der Waals surface area (Å²) in [5, 5.41) is 8.92. The van der Waals surface area contributed by atoms with Crippen LogP contribution in [0.4, 0.5) is 18.9 Å². The summed E-state index contributed by atoms with van der Waals surface area (Å²) in [5.74, 6) is 0.203. The van der Waals surface area contributed by atoms with Gasteiger partial charge in [-0.05, 0) is 29.3 Å². The maximum atomic E-state index is 12.5. The molecule has 0 bridgehead atoms. The van der Waals surface area contributed by atoms with Crippen LogP contribution in [0.3, 0.4) is 0 Å². The second-order valence-corrected chi connectivity index (χ2v) is 4.51. The third-order valence-corrected chi connectivity index (χ3v) is 2.94. The molecule has 6 heteroatoms. The second kappa shape index (κ2) is 6.05. The molecule has 0 heterocycles. The molecule has 0 spiro atoms. The lowest BCUT2D eigenvalue weighted by molar-refractivity contribution is -0.137. The first-order valence-corrected chi connectivity index (χ1v) is 6.18. The molecule has 0 atom stereocenters. The molecule has 0 saturated heterocycles. The topological polar surface area (TPSA) is 55.5 Å². The SMILES string of the molecule is Nc1cc(C(F)(F)F)ccc1OCc1ccc(CO)cc1. The van der Waals surface area contributed by atoms with Crippen LogP contribution in [-0.4, -0.2) is 5.11 Å². The van der Waals surface area contributed by atoms with Gasteiger partial charge in [0.2, 0.25) is 0 Å². The summed E-state index contributed by atoms with van der Waals surface area (Å²) in [6, 6.07) is 10.0. The predicted molar refractivity (Wildman–Crippen MR) is 72.6 cm³/mol. The van der Waals surface area contributed by atoms with Crippen LogP contribution in [-0.2, 0) is 19.4 Å². The van der Waals surface area contributed by atoms with Crippen molar-refractivity contribution in [3.63, 3.8) is 0 Å². The van der Waals surface area contributed by atoms with Gasteiger partial charge in [0.15, 0.2) is 0 Å². The number of nitrogens with two attached hydrogens (primary N) is 1. The zero-order valence-corrected chi connectivity index (χ0v) is 11.0.